The van der Waals surface area contributed by atoms with E-state index in [-0.39, 0.29) is 11.9 Å². The maximum atomic E-state index is 12.7. The molecule has 0 spiro atoms. The van der Waals surface area contributed by atoms with Crippen LogP contribution in [0.4, 0.5) is 5.69 Å². The molecule has 1 amide bonds. The number of piperidine rings is 1. The topological polar surface area (TPSA) is 61.7 Å². The van der Waals surface area contributed by atoms with E-state index in [0.29, 0.717) is 11.6 Å². The molecule has 1 fully saturated rings. The molecule has 2 aromatic heterocycles. The van der Waals surface area contributed by atoms with Crippen LogP contribution in [0.1, 0.15) is 47.4 Å². The maximum Gasteiger partial charge on any atom is 0.251 e. The van der Waals surface area contributed by atoms with Gasteiger partial charge in [0.15, 0.2) is 0 Å². The van der Waals surface area contributed by atoms with E-state index < -0.39 is 0 Å². The number of hydrogen-bond donors (Lipinski definition) is 2. The van der Waals surface area contributed by atoms with Gasteiger partial charge < -0.3 is 19.9 Å². The third-order valence-corrected chi connectivity index (χ3v) is 6.62. The Hall–Kier alpha value is -3.64. The highest BCUT2D eigenvalue weighted by molar-refractivity contribution is 5.94. The van der Waals surface area contributed by atoms with Crippen LogP contribution in [-0.4, -0.2) is 34.4 Å². The summed E-state index contributed by atoms with van der Waals surface area (Å²) in [4.78, 5) is 19.7. The number of nitrogens with zero attached hydrogens (tertiary/aromatic N) is 3. The first-order valence-electron chi connectivity index (χ1n) is 12.0. The summed E-state index contributed by atoms with van der Waals surface area (Å²) in [5.74, 6) is -0.0437. The van der Waals surface area contributed by atoms with Gasteiger partial charge in [-0.15, -0.1) is 0 Å². The van der Waals surface area contributed by atoms with Crippen molar-refractivity contribution in [2.24, 2.45) is 0 Å². The molecule has 0 saturated carbocycles. The fourth-order valence-corrected chi connectivity index (χ4v) is 4.59. The Labute approximate surface area is 200 Å². The van der Waals surface area contributed by atoms with Crippen molar-refractivity contribution in [2.45, 2.75) is 38.4 Å². The molecular weight excluding hydrogens is 422 g/mol. The molecule has 1 aliphatic heterocycles. The first-order chi connectivity index (χ1) is 16.7. The molecule has 1 aliphatic rings. The van der Waals surface area contributed by atoms with Crippen LogP contribution in [0.15, 0.2) is 85.2 Å². The Bertz CT molecular complexity index is 1190. The lowest BCUT2D eigenvalue weighted by molar-refractivity contribution is 0.0940. The molecule has 6 nitrogen and oxygen atoms in total. The van der Waals surface area contributed by atoms with Gasteiger partial charge in [0.1, 0.15) is 5.65 Å². The highest BCUT2D eigenvalue weighted by Gasteiger charge is 2.20. The molecule has 3 heterocycles. The lowest BCUT2D eigenvalue weighted by atomic mass is 10.0. The fraction of sp³-hybridized carbons (Fsp3) is 0.286. The number of pyridine rings is 1. The predicted octanol–water partition coefficient (Wildman–Crippen LogP) is 4.58. The molecule has 6 heteroatoms. The average molecular weight is 454 g/mol. The Morgan fingerprint density at radius 2 is 1.74 bits per heavy atom. The molecular formula is C28H31N5O. The van der Waals surface area contributed by atoms with Gasteiger partial charge in [-0.05, 0) is 61.7 Å². The minimum atomic E-state index is -0.0437. The first kappa shape index (κ1) is 22.2. The van der Waals surface area contributed by atoms with E-state index >= 15 is 0 Å². The lowest BCUT2D eigenvalue weighted by Crippen LogP contribution is -2.42. The summed E-state index contributed by atoms with van der Waals surface area (Å²) in [5.41, 5.74) is 5.02. The van der Waals surface area contributed by atoms with Gasteiger partial charge in [-0.25, -0.2) is 4.98 Å². The highest BCUT2D eigenvalue weighted by Crippen LogP contribution is 2.21. The molecule has 4 aromatic rings. The molecule has 0 aliphatic carbocycles. The second kappa shape index (κ2) is 10.1. The fourth-order valence-electron chi connectivity index (χ4n) is 4.59. The van der Waals surface area contributed by atoms with Crippen LogP contribution in [0.5, 0.6) is 0 Å². The number of aromatic nitrogens is 2. The van der Waals surface area contributed by atoms with Crippen LogP contribution < -0.4 is 15.5 Å². The summed E-state index contributed by atoms with van der Waals surface area (Å²) in [7, 11) is 0. The SMILES string of the molecule is C[C@H](NC(=O)c1ccc(N2CCC(NCc3cn4ccccc4n3)CC2)cc1)c1ccccc1. The minimum absolute atomic E-state index is 0.0274. The number of fused-ring (bicyclic) bond motifs is 1. The molecule has 0 radical (unpaired) electrons. The summed E-state index contributed by atoms with van der Waals surface area (Å²) >= 11 is 0. The smallest absolute Gasteiger partial charge is 0.251 e. The summed E-state index contributed by atoms with van der Waals surface area (Å²) in [6, 6.07) is 24.5. The van der Waals surface area contributed by atoms with E-state index in [4.69, 9.17) is 0 Å². The molecule has 174 valence electrons. The summed E-state index contributed by atoms with van der Waals surface area (Å²) in [6.07, 6.45) is 6.30. The highest BCUT2D eigenvalue weighted by atomic mass is 16.1. The number of amides is 1. The second-order valence-electron chi connectivity index (χ2n) is 8.99. The standard InChI is InChI=1S/C28H31N5O/c1-21(22-7-3-2-4-8-22)30-28(34)23-10-12-26(13-11-23)32-17-14-24(15-18-32)29-19-25-20-33-16-6-5-9-27(33)31-25/h2-13,16,20-21,24,29H,14-15,17-19H2,1H3,(H,30,34)/t21-/m0/s1. The van der Waals surface area contributed by atoms with Crippen LogP contribution in [0, 0.1) is 0 Å². The van der Waals surface area contributed by atoms with Crippen molar-refractivity contribution in [1.29, 1.82) is 0 Å². The van der Waals surface area contributed by atoms with E-state index in [0.717, 1.165) is 49.4 Å². The number of nitrogens with one attached hydrogen (secondary N) is 2. The van der Waals surface area contributed by atoms with Gasteiger partial charge >= 0.3 is 0 Å². The van der Waals surface area contributed by atoms with Gasteiger partial charge in [0.25, 0.3) is 5.91 Å². The third-order valence-electron chi connectivity index (χ3n) is 6.62. The summed E-state index contributed by atoms with van der Waals surface area (Å²) in [6.45, 7) is 4.80. The van der Waals surface area contributed by atoms with Crippen molar-refractivity contribution in [3.8, 4) is 0 Å². The Morgan fingerprint density at radius 3 is 2.47 bits per heavy atom. The zero-order chi connectivity index (χ0) is 23.3. The van der Waals surface area contributed by atoms with Crippen molar-refractivity contribution in [3.05, 3.63) is 102 Å². The first-order valence-corrected chi connectivity index (χ1v) is 12.0. The minimum Gasteiger partial charge on any atom is -0.371 e. The van der Waals surface area contributed by atoms with Crippen LogP contribution in [0.25, 0.3) is 5.65 Å². The number of carbonyl (C=O) groups is 1. The summed E-state index contributed by atoms with van der Waals surface area (Å²) in [5, 5.41) is 6.76. The Morgan fingerprint density at radius 1 is 1.00 bits per heavy atom. The molecule has 1 atom stereocenters. The van der Waals surface area contributed by atoms with Gasteiger partial charge in [-0.3, -0.25) is 4.79 Å². The van der Waals surface area contributed by atoms with E-state index in [2.05, 4.69) is 43.2 Å². The maximum absolute atomic E-state index is 12.7. The quantitative estimate of drug-likeness (QED) is 0.430. The van der Waals surface area contributed by atoms with Gasteiger partial charge in [0, 0.05) is 49.3 Å². The molecule has 0 bridgehead atoms. The second-order valence-corrected chi connectivity index (χ2v) is 8.99. The zero-order valence-electron chi connectivity index (χ0n) is 19.5. The number of carbonyl (C=O) groups excluding carboxylic acids is 1. The lowest BCUT2D eigenvalue weighted by Gasteiger charge is -2.34. The number of anilines is 1. The van der Waals surface area contributed by atoms with Crippen molar-refractivity contribution in [3.63, 3.8) is 0 Å². The average Bonchev–Trinajstić information content (AvgIpc) is 3.31. The van der Waals surface area contributed by atoms with E-state index in [1.165, 1.54) is 5.69 Å². The molecule has 2 N–H and O–H groups in total. The molecule has 34 heavy (non-hydrogen) atoms. The van der Waals surface area contributed by atoms with Crippen LogP contribution >= 0.6 is 0 Å². The van der Waals surface area contributed by atoms with Gasteiger partial charge in [0.05, 0.1) is 11.7 Å². The van der Waals surface area contributed by atoms with Crippen LogP contribution in [-0.2, 0) is 6.54 Å². The number of rotatable bonds is 7. The zero-order valence-corrected chi connectivity index (χ0v) is 19.5. The Kier molecular flexibility index (Phi) is 6.58. The van der Waals surface area contributed by atoms with Gasteiger partial charge in [-0.1, -0.05) is 36.4 Å². The molecule has 2 aromatic carbocycles. The molecule has 0 unspecified atom stereocenters. The van der Waals surface area contributed by atoms with Crippen LogP contribution in [0.2, 0.25) is 0 Å². The van der Waals surface area contributed by atoms with Crippen molar-refractivity contribution in [2.75, 3.05) is 18.0 Å². The van der Waals surface area contributed by atoms with E-state index in [9.17, 15) is 4.79 Å². The molecule has 5 rings (SSSR count). The number of benzene rings is 2. The van der Waals surface area contributed by atoms with Crippen molar-refractivity contribution < 1.29 is 4.79 Å². The monoisotopic (exact) mass is 453 g/mol. The summed E-state index contributed by atoms with van der Waals surface area (Å²) < 4.78 is 2.06. The number of imidazole rings is 1. The number of hydrogen-bond acceptors (Lipinski definition) is 4. The largest absolute Gasteiger partial charge is 0.371 e. The van der Waals surface area contributed by atoms with E-state index in [1.807, 2.05) is 73.8 Å². The normalized spacial score (nSPS) is 15.4. The van der Waals surface area contributed by atoms with Crippen molar-refractivity contribution in [1.82, 2.24) is 20.0 Å². The van der Waals surface area contributed by atoms with E-state index in [1.54, 1.807) is 0 Å². The van der Waals surface area contributed by atoms with Gasteiger partial charge in [0.2, 0.25) is 0 Å². The predicted molar refractivity (Wildman–Crippen MR) is 136 cm³/mol. The van der Waals surface area contributed by atoms with Crippen molar-refractivity contribution >= 4 is 17.2 Å². The molecule has 1 saturated heterocycles. The van der Waals surface area contributed by atoms with Gasteiger partial charge in [-0.2, -0.15) is 0 Å². The van der Waals surface area contributed by atoms with Crippen LogP contribution in [0.3, 0.4) is 0 Å². The Balaban J connectivity index is 1.10. The third kappa shape index (κ3) is 5.13.